The number of nitro groups is 1. The first kappa shape index (κ1) is 17.2. The fourth-order valence-corrected chi connectivity index (χ4v) is 2.25. The van der Waals surface area contributed by atoms with Crippen LogP contribution in [0.4, 0.5) is 11.5 Å². The highest BCUT2D eigenvalue weighted by Gasteiger charge is 2.13. The first-order valence-electron chi connectivity index (χ1n) is 7.76. The molecule has 0 atom stereocenters. The molecule has 1 aromatic carbocycles. The van der Waals surface area contributed by atoms with Gasteiger partial charge in [0.25, 0.3) is 0 Å². The van der Waals surface area contributed by atoms with E-state index >= 15 is 0 Å². The molecular weight excluding hydrogens is 336 g/mol. The number of benzene rings is 1. The van der Waals surface area contributed by atoms with Crippen LogP contribution in [-0.4, -0.2) is 22.0 Å². The Kier molecular flexibility index (Phi) is 5.23. The van der Waals surface area contributed by atoms with Gasteiger partial charge in [0.15, 0.2) is 0 Å². The van der Waals surface area contributed by atoms with Crippen molar-refractivity contribution in [3.63, 3.8) is 0 Å². The van der Waals surface area contributed by atoms with E-state index in [4.69, 9.17) is 9.47 Å². The maximum Gasteiger partial charge on any atom is 0.311 e. The van der Waals surface area contributed by atoms with Gasteiger partial charge < -0.3 is 14.8 Å². The zero-order valence-electron chi connectivity index (χ0n) is 14.0. The number of rotatable bonds is 7. The van der Waals surface area contributed by atoms with Gasteiger partial charge in [-0.3, -0.25) is 10.1 Å². The third kappa shape index (κ3) is 4.23. The van der Waals surface area contributed by atoms with Crippen LogP contribution in [0.15, 0.2) is 60.9 Å². The predicted octanol–water partition coefficient (Wildman–Crippen LogP) is 3.80. The minimum absolute atomic E-state index is 0.0729. The van der Waals surface area contributed by atoms with Crippen LogP contribution in [0.1, 0.15) is 5.56 Å². The van der Waals surface area contributed by atoms with Crippen LogP contribution >= 0.6 is 0 Å². The second-order valence-electron chi connectivity index (χ2n) is 5.26. The zero-order valence-corrected chi connectivity index (χ0v) is 14.0. The molecule has 2 heterocycles. The van der Waals surface area contributed by atoms with Crippen molar-refractivity contribution in [2.24, 2.45) is 0 Å². The van der Waals surface area contributed by atoms with Crippen molar-refractivity contribution in [1.82, 2.24) is 9.97 Å². The maximum absolute atomic E-state index is 11.0. The molecule has 3 rings (SSSR count). The molecule has 0 spiro atoms. The Labute approximate surface area is 149 Å². The lowest BCUT2D eigenvalue weighted by Crippen LogP contribution is -2.04. The molecule has 0 saturated heterocycles. The minimum Gasteiger partial charge on any atom is -0.497 e. The van der Waals surface area contributed by atoms with Crippen molar-refractivity contribution in [2.75, 3.05) is 12.4 Å². The molecule has 0 radical (unpaired) electrons. The van der Waals surface area contributed by atoms with Crippen molar-refractivity contribution in [2.45, 2.75) is 6.54 Å². The highest BCUT2D eigenvalue weighted by atomic mass is 16.6. The van der Waals surface area contributed by atoms with Gasteiger partial charge in [0.2, 0.25) is 11.7 Å². The SMILES string of the molecule is COc1ccc(Oc2cc(CNc3ncccc3[N+](=O)[O-])ccn2)cc1. The molecule has 0 saturated carbocycles. The van der Waals surface area contributed by atoms with E-state index in [0.717, 1.165) is 11.3 Å². The van der Waals surface area contributed by atoms with Crippen molar-refractivity contribution < 1.29 is 14.4 Å². The number of nitrogens with zero attached hydrogens (tertiary/aromatic N) is 3. The topological polar surface area (TPSA) is 99.4 Å². The van der Waals surface area contributed by atoms with E-state index < -0.39 is 4.92 Å². The summed E-state index contributed by atoms with van der Waals surface area (Å²) in [5.74, 6) is 2.00. The molecule has 0 amide bonds. The summed E-state index contributed by atoms with van der Waals surface area (Å²) >= 11 is 0. The van der Waals surface area contributed by atoms with Crippen LogP contribution in [0.25, 0.3) is 0 Å². The summed E-state index contributed by atoms with van der Waals surface area (Å²) < 4.78 is 10.8. The van der Waals surface area contributed by atoms with Gasteiger partial charge in [0.05, 0.1) is 12.0 Å². The highest BCUT2D eigenvalue weighted by molar-refractivity contribution is 5.55. The van der Waals surface area contributed by atoms with Crippen LogP contribution < -0.4 is 14.8 Å². The molecule has 0 fully saturated rings. The molecule has 132 valence electrons. The van der Waals surface area contributed by atoms with Gasteiger partial charge >= 0.3 is 5.69 Å². The Bertz CT molecular complexity index is 900. The molecule has 8 heteroatoms. The number of ether oxygens (including phenoxy) is 2. The van der Waals surface area contributed by atoms with Crippen molar-refractivity contribution in [1.29, 1.82) is 0 Å². The van der Waals surface area contributed by atoms with Crippen LogP contribution in [-0.2, 0) is 6.54 Å². The average Bonchev–Trinajstić information content (AvgIpc) is 2.67. The van der Waals surface area contributed by atoms with Crippen LogP contribution in [0.3, 0.4) is 0 Å². The van der Waals surface area contributed by atoms with Gasteiger partial charge in [-0.05, 0) is 42.0 Å². The molecule has 3 aromatic rings. The van der Waals surface area contributed by atoms with Crippen molar-refractivity contribution in [3.05, 3.63) is 76.6 Å². The Morgan fingerprint density at radius 3 is 2.58 bits per heavy atom. The summed E-state index contributed by atoms with van der Waals surface area (Å²) in [5.41, 5.74) is 0.778. The van der Waals surface area contributed by atoms with E-state index in [1.807, 2.05) is 0 Å². The lowest BCUT2D eigenvalue weighted by atomic mass is 10.2. The highest BCUT2D eigenvalue weighted by Crippen LogP contribution is 2.24. The number of pyridine rings is 2. The monoisotopic (exact) mass is 352 g/mol. The second kappa shape index (κ2) is 7.93. The molecule has 2 aromatic heterocycles. The normalized spacial score (nSPS) is 10.2. The molecular formula is C18H16N4O4. The average molecular weight is 352 g/mol. The summed E-state index contributed by atoms with van der Waals surface area (Å²) in [7, 11) is 1.60. The van der Waals surface area contributed by atoms with Gasteiger partial charge in [-0.1, -0.05) is 0 Å². The molecule has 0 aliphatic rings. The summed E-state index contributed by atoms with van der Waals surface area (Å²) in [6.07, 6.45) is 3.11. The number of hydrogen-bond acceptors (Lipinski definition) is 7. The zero-order chi connectivity index (χ0) is 18.4. The Balaban J connectivity index is 1.68. The summed E-state index contributed by atoms with van der Waals surface area (Å²) in [4.78, 5) is 18.7. The molecule has 0 unspecified atom stereocenters. The summed E-state index contributed by atoms with van der Waals surface area (Å²) in [6, 6.07) is 13.6. The first-order chi connectivity index (χ1) is 12.7. The van der Waals surface area contributed by atoms with E-state index in [1.165, 1.54) is 18.3 Å². The van der Waals surface area contributed by atoms with E-state index in [0.29, 0.717) is 18.2 Å². The van der Waals surface area contributed by atoms with Gasteiger partial charge in [-0.25, -0.2) is 9.97 Å². The van der Waals surface area contributed by atoms with Gasteiger partial charge in [-0.2, -0.15) is 0 Å². The van der Waals surface area contributed by atoms with Crippen LogP contribution in [0.5, 0.6) is 17.4 Å². The number of methoxy groups -OCH3 is 1. The molecule has 0 aliphatic carbocycles. The summed E-state index contributed by atoms with van der Waals surface area (Å²) in [5, 5.41) is 14.0. The Hall–Kier alpha value is -3.68. The molecule has 26 heavy (non-hydrogen) atoms. The maximum atomic E-state index is 11.0. The number of anilines is 1. The number of hydrogen-bond donors (Lipinski definition) is 1. The second-order valence-corrected chi connectivity index (χ2v) is 5.26. The van der Waals surface area contributed by atoms with E-state index in [9.17, 15) is 10.1 Å². The molecule has 8 nitrogen and oxygen atoms in total. The predicted molar refractivity (Wildman–Crippen MR) is 95.5 cm³/mol. The Morgan fingerprint density at radius 1 is 1.08 bits per heavy atom. The Morgan fingerprint density at radius 2 is 1.85 bits per heavy atom. The lowest BCUT2D eigenvalue weighted by Gasteiger charge is -2.09. The van der Waals surface area contributed by atoms with Crippen LogP contribution in [0, 0.1) is 10.1 Å². The van der Waals surface area contributed by atoms with Crippen molar-refractivity contribution >= 4 is 11.5 Å². The van der Waals surface area contributed by atoms with Gasteiger partial charge in [0, 0.05) is 31.1 Å². The largest absolute Gasteiger partial charge is 0.497 e. The molecule has 0 bridgehead atoms. The first-order valence-corrected chi connectivity index (χ1v) is 7.76. The third-order valence-electron chi connectivity index (χ3n) is 3.52. The van der Waals surface area contributed by atoms with Gasteiger partial charge in [0.1, 0.15) is 11.5 Å². The van der Waals surface area contributed by atoms with Crippen LogP contribution in [0.2, 0.25) is 0 Å². The summed E-state index contributed by atoms with van der Waals surface area (Å²) in [6.45, 7) is 0.347. The van der Waals surface area contributed by atoms with Crippen molar-refractivity contribution in [3.8, 4) is 17.4 Å². The fourth-order valence-electron chi connectivity index (χ4n) is 2.25. The van der Waals surface area contributed by atoms with E-state index in [-0.39, 0.29) is 11.5 Å². The number of aromatic nitrogens is 2. The third-order valence-corrected chi connectivity index (χ3v) is 3.52. The standard InChI is InChI=1S/C18H16N4O4/c1-25-14-4-6-15(7-5-14)26-17-11-13(8-10-19-17)12-21-18-16(22(23)24)3-2-9-20-18/h2-11H,12H2,1H3,(H,20,21). The van der Waals surface area contributed by atoms with Gasteiger partial charge in [-0.15, -0.1) is 0 Å². The minimum atomic E-state index is -0.472. The smallest absolute Gasteiger partial charge is 0.311 e. The molecule has 1 N–H and O–H groups in total. The lowest BCUT2D eigenvalue weighted by molar-refractivity contribution is -0.384. The quantitative estimate of drug-likeness (QED) is 0.510. The van der Waals surface area contributed by atoms with E-state index in [2.05, 4.69) is 15.3 Å². The van der Waals surface area contributed by atoms with E-state index in [1.54, 1.807) is 49.7 Å². The number of nitrogens with one attached hydrogen (secondary N) is 1. The fraction of sp³-hybridized carbons (Fsp3) is 0.111. The molecule has 0 aliphatic heterocycles.